The molecule has 0 saturated carbocycles. The molecule has 0 atom stereocenters. The number of aromatic nitrogens is 2. The quantitative estimate of drug-likeness (QED) is 0.688. The lowest BCUT2D eigenvalue weighted by atomic mass is 10.0. The van der Waals surface area contributed by atoms with E-state index in [1.807, 2.05) is 42.5 Å². The van der Waals surface area contributed by atoms with Crippen molar-refractivity contribution in [3.63, 3.8) is 0 Å². The Bertz CT molecular complexity index is 624. The van der Waals surface area contributed by atoms with Gasteiger partial charge < -0.3 is 0 Å². The molecule has 1 aromatic carbocycles. The molecule has 3 aromatic rings. The summed E-state index contributed by atoms with van der Waals surface area (Å²) >= 11 is 0. The van der Waals surface area contributed by atoms with E-state index in [2.05, 4.69) is 9.97 Å². The maximum Gasteiger partial charge on any atom is 0.124 e. The SMILES string of the molecule is Fc1cc(-c2ccccn2)cc(-c2ccccn2)c1. The summed E-state index contributed by atoms with van der Waals surface area (Å²) in [6, 6.07) is 16.0. The molecule has 0 aliphatic rings. The van der Waals surface area contributed by atoms with Crippen LogP contribution in [0.25, 0.3) is 22.5 Å². The van der Waals surface area contributed by atoms with E-state index < -0.39 is 0 Å². The van der Waals surface area contributed by atoms with E-state index in [1.54, 1.807) is 12.4 Å². The van der Waals surface area contributed by atoms with Gasteiger partial charge in [0.25, 0.3) is 0 Å². The first-order valence-corrected chi connectivity index (χ1v) is 5.96. The maximum absolute atomic E-state index is 13.7. The second-order valence-electron chi connectivity index (χ2n) is 4.16. The molecule has 0 aliphatic heterocycles. The van der Waals surface area contributed by atoms with Crippen LogP contribution in [0.4, 0.5) is 4.39 Å². The Labute approximate surface area is 110 Å². The summed E-state index contributed by atoms with van der Waals surface area (Å²) in [5, 5.41) is 0. The van der Waals surface area contributed by atoms with Gasteiger partial charge in [-0.05, 0) is 42.5 Å². The zero-order chi connectivity index (χ0) is 13.1. The van der Waals surface area contributed by atoms with Crippen LogP contribution in [-0.4, -0.2) is 9.97 Å². The van der Waals surface area contributed by atoms with Crippen molar-refractivity contribution in [2.24, 2.45) is 0 Å². The Balaban J connectivity index is 2.12. The molecule has 0 amide bonds. The van der Waals surface area contributed by atoms with Crippen LogP contribution in [0.15, 0.2) is 67.0 Å². The van der Waals surface area contributed by atoms with Gasteiger partial charge in [0.1, 0.15) is 5.82 Å². The summed E-state index contributed by atoms with van der Waals surface area (Å²) in [6.45, 7) is 0. The minimum atomic E-state index is -0.288. The zero-order valence-corrected chi connectivity index (χ0v) is 10.1. The third-order valence-corrected chi connectivity index (χ3v) is 2.82. The predicted octanol–water partition coefficient (Wildman–Crippen LogP) is 3.95. The molecule has 0 N–H and O–H groups in total. The first kappa shape index (κ1) is 11.5. The number of hydrogen-bond donors (Lipinski definition) is 0. The molecule has 92 valence electrons. The van der Waals surface area contributed by atoms with Crippen LogP contribution in [0.2, 0.25) is 0 Å². The molecule has 19 heavy (non-hydrogen) atoms. The Morgan fingerprint density at radius 3 is 1.63 bits per heavy atom. The molecule has 0 fully saturated rings. The summed E-state index contributed by atoms with van der Waals surface area (Å²) in [7, 11) is 0. The summed E-state index contributed by atoms with van der Waals surface area (Å²) < 4.78 is 13.7. The Hall–Kier alpha value is -2.55. The smallest absolute Gasteiger partial charge is 0.124 e. The number of benzene rings is 1. The van der Waals surface area contributed by atoms with Crippen LogP contribution in [0.1, 0.15) is 0 Å². The van der Waals surface area contributed by atoms with Crippen molar-refractivity contribution in [3.8, 4) is 22.5 Å². The molecule has 2 nitrogen and oxygen atoms in total. The molecule has 0 bridgehead atoms. The molecule has 3 heteroatoms. The average Bonchev–Trinajstić information content (AvgIpc) is 2.48. The van der Waals surface area contributed by atoms with Crippen molar-refractivity contribution in [3.05, 3.63) is 72.8 Å². The zero-order valence-electron chi connectivity index (χ0n) is 10.1. The fourth-order valence-electron chi connectivity index (χ4n) is 1.95. The maximum atomic E-state index is 13.7. The highest BCUT2D eigenvalue weighted by Gasteiger charge is 2.06. The first-order valence-electron chi connectivity index (χ1n) is 5.96. The third-order valence-electron chi connectivity index (χ3n) is 2.82. The van der Waals surface area contributed by atoms with Gasteiger partial charge in [0.2, 0.25) is 0 Å². The van der Waals surface area contributed by atoms with Crippen molar-refractivity contribution >= 4 is 0 Å². The highest BCUT2D eigenvalue weighted by molar-refractivity contribution is 5.69. The van der Waals surface area contributed by atoms with Gasteiger partial charge >= 0.3 is 0 Å². The van der Waals surface area contributed by atoms with Crippen LogP contribution in [0.3, 0.4) is 0 Å². The van der Waals surface area contributed by atoms with Gasteiger partial charge in [-0.1, -0.05) is 12.1 Å². The molecule has 3 rings (SSSR count). The van der Waals surface area contributed by atoms with Gasteiger partial charge in [0.05, 0.1) is 11.4 Å². The number of rotatable bonds is 2. The van der Waals surface area contributed by atoms with E-state index in [1.165, 1.54) is 12.1 Å². The van der Waals surface area contributed by atoms with Crippen LogP contribution in [0.5, 0.6) is 0 Å². The summed E-state index contributed by atoms with van der Waals surface area (Å²) in [6.07, 6.45) is 3.39. The van der Waals surface area contributed by atoms with Crippen LogP contribution in [0, 0.1) is 5.82 Å². The largest absolute Gasteiger partial charge is 0.256 e. The van der Waals surface area contributed by atoms with E-state index in [4.69, 9.17) is 0 Å². The molecule has 0 saturated heterocycles. The van der Waals surface area contributed by atoms with Gasteiger partial charge in [-0.2, -0.15) is 0 Å². The van der Waals surface area contributed by atoms with Crippen LogP contribution in [-0.2, 0) is 0 Å². The van der Waals surface area contributed by atoms with Crippen LogP contribution >= 0.6 is 0 Å². The molecular weight excluding hydrogens is 239 g/mol. The Kier molecular flexibility index (Phi) is 3.02. The van der Waals surface area contributed by atoms with E-state index in [0.29, 0.717) is 0 Å². The van der Waals surface area contributed by atoms with E-state index in [0.717, 1.165) is 22.5 Å². The number of pyridine rings is 2. The Morgan fingerprint density at radius 1 is 0.684 bits per heavy atom. The number of nitrogens with zero attached hydrogens (tertiary/aromatic N) is 2. The van der Waals surface area contributed by atoms with Crippen molar-refractivity contribution in [1.29, 1.82) is 0 Å². The van der Waals surface area contributed by atoms with Crippen molar-refractivity contribution in [2.75, 3.05) is 0 Å². The Morgan fingerprint density at radius 2 is 1.21 bits per heavy atom. The van der Waals surface area contributed by atoms with Crippen LogP contribution < -0.4 is 0 Å². The molecule has 2 heterocycles. The van der Waals surface area contributed by atoms with Gasteiger partial charge in [0, 0.05) is 23.5 Å². The van der Waals surface area contributed by atoms with Crippen molar-refractivity contribution in [1.82, 2.24) is 9.97 Å². The highest BCUT2D eigenvalue weighted by atomic mass is 19.1. The fourth-order valence-corrected chi connectivity index (χ4v) is 1.95. The van der Waals surface area contributed by atoms with Gasteiger partial charge in [-0.25, -0.2) is 4.39 Å². The molecule has 0 radical (unpaired) electrons. The lowest BCUT2D eigenvalue weighted by molar-refractivity contribution is 0.628. The average molecular weight is 250 g/mol. The van der Waals surface area contributed by atoms with Gasteiger partial charge in [-0.3, -0.25) is 9.97 Å². The normalized spacial score (nSPS) is 10.4. The lowest BCUT2D eigenvalue weighted by Gasteiger charge is -2.05. The fraction of sp³-hybridized carbons (Fsp3) is 0. The van der Waals surface area contributed by atoms with E-state index in [-0.39, 0.29) is 5.82 Å². The molecule has 0 unspecified atom stereocenters. The molecule has 0 spiro atoms. The molecular formula is C16H11FN2. The number of halogens is 1. The summed E-state index contributed by atoms with van der Waals surface area (Å²) in [5.74, 6) is -0.288. The lowest BCUT2D eigenvalue weighted by Crippen LogP contribution is -1.88. The third kappa shape index (κ3) is 2.50. The number of hydrogen-bond acceptors (Lipinski definition) is 2. The van der Waals surface area contributed by atoms with Gasteiger partial charge in [-0.15, -0.1) is 0 Å². The standard InChI is InChI=1S/C16H11FN2/c17-14-10-12(15-5-1-3-7-18-15)9-13(11-14)16-6-2-4-8-19-16/h1-11H. The molecule has 2 aromatic heterocycles. The topological polar surface area (TPSA) is 25.8 Å². The minimum absolute atomic E-state index is 0.288. The second-order valence-corrected chi connectivity index (χ2v) is 4.16. The highest BCUT2D eigenvalue weighted by Crippen LogP contribution is 2.25. The minimum Gasteiger partial charge on any atom is -0.256 e. The molecule has 0 aliphatic carbocycles. The van der Waals surface area contributed by atoms with E-state index in [9.17, 15) is 4.39 Å². The van der Waals surface area contributed by atoms with E-state index >= 15 is 0 Å². The van der Waals surface area contributed by atoms with Crippen molar-refractivity contribution < 1.29 is 4.39 Å². The van der Waals surface area contributed by atoms with Crippen molar-refractivity contribution in [2.45, 2.75) is 0 Å². The first-order chi connectivity index (χ1) is 9.33. The predicted molar refractivity (Wildman–Crippen MR) is 72.9 cm³/mol. The van der Waals surface area contributed by atoms with Gasteiger partial charge in [0.15, 0.2) is 0 Å². The second kappa shape index (κ2) is 4.98. The summed E-state index contributed by atoms with van der Waals surface area (Å²) in [5.41, 5.74) is 3.00. The monoisotopic (exact) mass is 250 g/mol. The summed E-state index contributed by atoms with van der Waals surface area (Å²) in [4.78, 5) is 8.48.